The van der Waals surface area contributed by atoms with E-state index in [1.165, 1.54) is 70.6 Å². The highest BCUT2D eigenvalue weighted by atomic mass is 16.5. The van der Waals surface area contributed by atoms with Crippen molar-refractivity contribution in [2.75, 3.05) is 0 Å². The van der Waals surface area contributed by atoms with Crippen molar-refractivity contribution in [1.82, 2.24) is 0 Å². The number of rotatable bonds is 33. The molecule has 1 N–H and O–H groups in total. The lowest BCUT2D eigenvalue weighted by atomic mass is 10.1. The van der Waals surface area contributed by atoms with Crippen LogP contribution in [0.5, 0.6) is 0 Å². The maximum Gasteiger partial charge on any atom is 0.306 e. The van der Waals surface area contributed by atoms with Gasteiger partial charge in [-0.15, -0.1) is 0 Å². The lowest BCUT2D eigenvalue weighted by Gasteiger charge is -2.14. The van der Waals surface area contributed by atoms with Crippen LogP contribution in [0.2, 0.25) is 0 Å². The first-order valence-corrected chi connectivity index (χ1v) is 18.8. The topological polar surface area (TPSA) is 63.6 Å². The van der Waals surface area contributed by atoms with E-state index in [1.54, 1.807) is 0 Å². The van der Waals surface area contributed by atoms with Crippen molar-refractivity contribution < 1.29 is 19.4 Å². The molecule has 0 saturated heterocycles. The highest BCUT2D eigenvalue weighted by Gasteiger charge is 2.11. The maximum absolute atomic E-state index is 12.6. The summed E-state index contributed by atoms with van der Waals surface area (Å²) in [6.45, 7) is 4.40. The average molecular weight is 627 g/mol. The normalized spacial score (nSPS) is 12.9. The number of carboxylic acid groups (broad SMARTS) is 1. The number of unbranched alkanes of at least 4 members (excludes halogenated alkanes) is 16. The summed E-state index contributed by atoms with van der Waals surface area (Å²) in [7, 11) is 0. The molecule has 0 amide bonds. The fraction of sp³-hybridized carbons (Fsp3) is 0.707. The molecular formula is C41H70O4. The molecule has 0 fully saturated rings. The minimum atomic E-state index is -0.708. The van der Waals surface area contributed by atoms with Gasteiger partial charge in [0.05, 0.1) is 0 Å². The Morgan fingerprint density at radius 3 is 1.58 bits per heavy atom. The second kappa shape index (κ2) is 36.1. The number of aliphatic carboxylic acids is 1. The molecule has 0 aromatic rings. The second-order valence-corrected chi connectivity index (χ2v) is 12.4. The predicted molar refractivity (Wildman–Crippen MR) is 195 cm³/mol. The van der Waals surface area contributed by atoms with Crippen LogP contribution in [0.4, 0.5) is 0 Å². The van der Waals surface area contributed by atoms with Gasteiger partial charge < -0.3 is 9.84 Å². The molecule has 0 aliphatic heterocycles. The Labute approximate surface area is 278 Å². The summed E-state index contributed by atoms with van der Waals surface area (Å²) in [5.74, 6) is -0.781. The zero-order valence-electron chi connectivity index (χ0n) is 29.4. The van der Waals surface area contributed by atoms with Crippen LogP contribution in [-0.2, 0) is 14.3 Å². The maximum atomic E-state index is 12.6. The van der Waals surface area contributed by atoms with Crippen molar-refractivity contribution in [2.24, 2.45) is 0 Å². The van der Waals surface area contributed by atoms with E-state index in [1.807, 2.05) is 0 Å². The molecule has 0 aromatic heterocycles. The molecule has 4 heteroatoms. The summed E-state index contributed by atoms with van der Waals surface area (Å²) < 4.78 is 5.88. The van der Waals surface area contributed by atoms with Crippen LogP contribution in [0.25, 0.3) is 0 Å². The Kier molecular flexibility index (Phi) is 34.2. The van der Waals surface area contributed by atoms with E-state index in [-0.39, 0.29) is 18.5 Å². The first-order valence-electron chi connectivity index (χ1n) is 18.8. The molecule has 0 heterocycles. The summed E-state index contributed by atoms with van der Waals surface area (Å²) in [6, 6.07) is 0. The van der Waals surface area contributed by atoms with Gasteiger partial charge in [0.2, 0.25) is 0 Å². The van der Waals surface area contributed by atoms with Gasteiger partial charge in [0.25, 0.3) is 0 Å². The van der Waals surface area contributed by atoms with Crippen molar-refractivity contribution >= 4 is 11.9 Å². The minimum absolute atomic E-state index is 0.0725. The van der Waals surface area contributed by atoms with E-state index in [0.29, 0.717) is 6.42 Å². The zero-order valence-corrected chi connectivity index (χ0v) is 29.4. The van der Waals surface area contributed by atoms with Crippen molar-refractivity contribution in [3.05, 3.63) is 60.8 Å². The van der Waals surface area contributed by atoms with Crippen molar-refractivity contribution in [2.45, 2.75) is 187 Å². The molecule has 1 atom stereocenters. The number of hydrogen-bond acceptors (Lipinski definition) is 3. The molecule has 45 heavy (non-hydrogen) atoms. The standard InChI is InChI=1S/C41H70O4/c1-3-5-7-9-11-13-14-15-16-17-18-19-20-21-22-24-30-34-38-41(44)45-39(35-31-27-23-12-10-8-6-4-2)36-32-28-25-26-29-33-37-40(42)43/h6,8,12-14,16-17,23,31,35,39H,3-5,7,9-11,15,18-22,24-30,32-34,36-38H2,1-2H3,(H,42,43)/b8-6-,14-13-,17-16-,23-12-,35-31-. The van der Waals surface area contributed by atoms with Crippen LogP contribution in [0, 0.1) is 0 Å². The Hall–Kier alpha value is -2.36. The number of esters is 1. The summed E-state index contributed by atoms with van der Waals surface area (Å²) >= 11 is 0. The van der Waals surface area contributed by atoms with E-state index in [0.717, 1.165) is 83.5 Å². The Morgan fingerprint density at radius 1 is 0.533 bits per heavy atom. The van der Waals surface area contributed by atoms with Gasteiger partial charge in [-0.25, -0.2) is 0 Å². The van der Waals surface area contributed by atoms with Gasteiger partial charge >= 0.3 is 11.9 Å². The fourth-order valence-electron chi connectivity index (χ4n) is 5.20. The van der Waals surface area contributed by atoms with Crippen LogP contribution in [0.15, 0.2) is 60.8 Å². The molecule has 258 valence electrons. The van der Waals surface area contributed by atoms with Crippen molar-refractivity contribution in [3.8, 4) is 0 Å². The quantitative estimate of drug-likeness (QED) is 0.0447. The molecule has 4 nitrogen and oxygen atoms in total. The molecule has 0 radical (unpaired) electrons. The number of carbonyl (C=O) groups is 2. The number of allylic oxidation sites excluding steroid dienone is 9. The SMILES string of the molecule is CC/C=C\C/C=C\C/C=C\C(CCCCCCCCC(=O)O)OC(=O)CCCCCCCCC/C=C\C/C=C\CCCCCC. The third-order valence-corrected chi connectivity index (χ3v) is 7.96. The molecule has 0 aliphatic carbocycles. The van der Waals surface area contributed by atoms with Crippen molar-refractivity contribution in [1.29, 1.82) is 0 Å². The highest BCUT2D eigenvalue weighted by molar-refractivity contribution is 5.69. The number of ether oxygens (including phenoxy) is 1. The third kappa shape index (κ3) is 36.0. The first kappa shape index (κ1) is 42.6. The average Bonchev–Trinajstić information content (AvgIpc) is 3.02. The summed E-state index contributed by atoms with van der Waals surface area (Å²) in [5.41, 5.74) is 0. The van der Waals surface area contributed by atoms with Gasteiger partial charge in [-0.1, -0.05) is 146 Å². The van der Waals surface area contributed by atoms with Gasteiger partial charge in [0, 0.05) is 12.8 Å². The molecular weight excluding hydrogens is 556 g/mol. The van der Waals surface area contributed by atoms with Crippen LogP contribution >= 0.6 is 0 Å². The third-order valence-electron chi connectivity index (χ3n) is 7.96. The largest absolute Gasteiger partial charge is 0.481 e. The van der Waals surface area contributed by atoms with E-state index in [2.05, 4.69) is 74.6 Å². The van der Waals surface area contributed by atoms with Crippen LogP contribution in [-0.4, -0.2) is 23.1 Å². The Bertz CT molecular complexity index is 804. The van der Waals surface area contributed by atoms with E-state index < -0.39 is 5.97 Å². The van der Waals surface area contributed by atoms with Gasteiger partial charge in [-0.2, -0.15) is 0 Å². The van der Waals surface area contributed by atoms with E-state index in [4.69, 9.17) is 9.84 Å². The highest BCUT2D eigenvalue weighted by Crippen LogP contribution is 2.15. The number of carbonyl (C=O) groups excluding carboxylic acids is 1. The number of carboxylic acids is 1. The fourth-order valence-corrected chi connectivity index (χ4v) is 5.20. The Morgan fingerprint density at radius 2 is 1.00 bits per heavy atom. The van der Waals surface area contributed by atoms with Gasteiger partial charge in [0.1, 0.15) is 6.10 Å². The summed E-state index contributed by atoms with van der Waals surface area (Å²) in [5, 5.41) is 8.76. The monoisotopic (exact) mass is 627 g/mol. The second-order valence-electron chi connectivity index (χ2n) is 12.4. The lowest BCUT2D eigenvalue weighted by Crippen LogP contribution is -2.16. The van der Waals surface area contributed by atoms with Crippen LogP contribution in [0.1, 0.15) is 181 Å². The zero-order chi connectivity index (χ0) is 32.9. The lowest BCUT2D eigenvalue weighted by molar-refractivity contribution is -0.147. The molecule has 1 unspecified atom stereocenters. The molecule has 0 spiro atoms. The van der Waals surface area contributed by atoms with Gasteiger partial charge in [-0.05, 0) is 83.1 Å². The molecule has 0 rings (SSSR count). The first-order chi connectivity index (χ1) is 22.1. The van der Waals surface area contributed by atoms with Crippen LogP contribution < -0.4 is 0 Å². The molecule has 0 saturated carbocycles. The summed E-state index contributed by atoms with van der Waals surface area (Å²) in [6.07, 6.45) is 49.7. The minimum Gasteiger partial charge on any atom is -0.481 e. The summed E-state index contributed by atoms with van der Waals surface area (Å²) in [4.78, 5) is 23.2. The smallest absolute Gasteiger partial charge is 0.306 e. The molecule has 0 aromatic carbocycles. The molecule has 0 aliphatic rings. The number of hydrogen-bond donors (Lipinski definition) is 1. The molecule has 0 bridgehead atoms. The van der Waals surface area contributed by atoms with E-state index >= 15 is 0 Å². The Balaban J connectivity index is 4.07. The van der Waals surface area contributed by atoms with Crippen molar-refractivity contribution in [3.63, 3.8) is 0 Å². The van der Waals surface area contributed by atoms with Crippen LogP contribution in [0.3, 0.4) is 0 Å². The predicted octanol–water partition coefficient (Wildman–Crippen LogP) is 12.9. The van der Waals surface area contributed by atoms with Gasteiger partial charge in [0.15, 0.2) is 0 Å². The van der Waals surface area contributed by atoms with E-state index in [9.17, 15) is 9.59 Å². The van der Waals surface area contributed by atoms with Gasteiger partial charge in [-0.3, -0.25) is 9.59 Å².